The first-order chi connectivity index (χ1) is 26.5. The second-order valence-electron chi connectivity index (χ2n) is 13.1. The molecule has 55 heavy (non-hydrogen) atoms. The van der Waals surface area contributed by atoms with Gasteiger partial charge in [0.25, 0.3) is 5.91 Å². The Balaban J connectivity index is 1.11. The normalized spacial score (nSPS) is 15.9. The van der Waals surface area contributed by atoms with E-state index in [2.05, 4.69) is 11.4 Å². The molecule has 0 aliphatic carbocycles. The van der Waals surface area contributed by atoms with Gasteiger partial charge >= 0.3 is 0 Å². The Bertz CT molecular complexity index is 2490. The number of benzene rings is 4. The van der Waals surface area contributed by atoms with Crippen LogP contribution in [0.1, 0.15) is 35.2 Å². The quantitative estimate of drug-likeness (QED) is 0.127. The number of methoxy groups -OCH3 is 1. The third kappa shape index (κ3) is 8.19. The van der Waals surface area contributed by atoms with E-state index in [1.807, 2.05) is 55.5 Å². The van der Waals surface area contributed by atoms with Crippen LogP contribution in [0.5, 0.6) is 5.75 Å². The number of para-hydroxylation sites is 1. The van der Waals surface area contributed by atoms with Crippen LogP contribution in [-0.2, 0) is 24.3 Å². The zero-order valence-electron chi connectivity index (χ0n) is 30.5. The van der Waals surface area contributed by atoms with Crippen molar-refractivity contribution in [1.29, 1.82) is 0 Å². The monoisotopic (exact) mass is 780 g/mol. The maximum Gasteiger partial charge on any atom is 0.290 e. The van der Waals surface area contributed by atoms with Gasteiger partial charge in [0.05, 0.1) is 41.0 Å². The number of aromatic nitrogens is 2. The van der Waals surface area contributed by atoms with E-state index in [0.717, 1.165) is 41.6 Å². The predicted octanol–water partition coefficient (Wildman–Crippen LogP) is 6.95. The summed E-state index contributed by atoms with van der Waals surface area (Å²) in [5.74, 6) is -0.524. The summed E-state index contributed by atoms with van der Waals surface area (Å²) in [7, 11) is -2.49. The van der Waals surface area contributed by atoms with Crippen molar-refractivity contribution in [3.05, 3.63) is 120 Å². The Morgan fingerprint density at radius 1 is 1.04 bits per heavy atom. The van der Waals surface area contributed by atoms with E-state index >= 15 is 0 Å². The second kappa shape index (κ2) is 16.2. The molecule has 2 aromatic heterocycles. The van der Waals surface area contributed by atoms with Gasteiger partial charge in [-0.3, -0.25) is 14.2 Å². The average molecular weight is 781 g/mol. The number of carbonyl (C=O) groups excluding carboxylic acids is 2. The number of sulfonamides is 1. The number of carbonyl (C=O) groups is 2. The number of aliphatic hydroxyl groups excluding tert-OH is 1. The minimum atomic E-state index is -3.98. The lowest BCUT2D eigenvalue weighted by Crippen LogP contribution is -2.37. The zero-order valence-corrected chi connectivity index (χ0v) is 32.1. The smallest absolute Gasteiger partial charge is 0.290 e. The molecule has 7 rings (SSSR count). The van der Waals surface area contributed by atoms with Gasteiger partial charge in [0.2, 0.25) is 22.2 Å². The van der Waals surface area contributed by atoms with Crippen LogP contribution in [0.4, 0.5) is 5.69 Å². The minimum Gasteiger partial charge on any atom is -0.497 e. The third-order valence-corrected chi connectivity index (χ3v) is 12.4. The SMILES string of the molecule is COc1ccc(S(=O)(=O)N(CCO)CCO[C@H]2C[C@@H](c3cn(C(C)=O)c4ccccc34)C=C(C(=O)Nc3ccc(-c4nc5ccc(C)cc5s4)cc3)O2)cc1. The number of allylic oxidation sites excluding steroid dienone is 1. The minimum absolute atomic E-state index is 0.0181. The van der Waals surface area contributed by atoms with E-state index in [9.17, 15) is 23.1 Å². The highest BCUT2D eigenvalue weighted by Gasteiger charge is 2.32. The predicted molar refractivity (Wildman–Crippen MR) is 212 cm³/mol. The Labute approximate surface area is 322 Å². The maximum absolute atomic E-state index is 13.8. The molecule has 2 N–H and O–H groups in total. The van der Waals surface area contributed by atoms with Crippen molar-refractivity contribution in [2.45, 2.75) is 37.4 Å². The highest BCUT2D eigenvalue weighted by Crippen LogP contribution is 2.37. The summed E-state index contributed by atoms with van der Waals surface area (Å²) in [6, 6.07) is 27.1. The molecule has 0 saturated heterocycles. The molecule has 284 valence electrons. The van der Waals surface area contributed by atoms with Crippen LogP contribution in [0.15, 0.2) is 114 Å². The van der Waals surface area contributed by atoms with Crippen molar-refractivity contribution in [1.82, 2.24) is 13.9 Å². The average Bonchev–Trinajstić information content (AvgIpc) is 3.80. The standard InChI is InChI=1S/C41H40N4O8S2/c1-26-8-17-35-38(22-26)54-41(43-35)28-9-11-30(12-10-28)42-40(48)37-23-29(34-25-45(27(2)47)36-7-5-4-6-33(34)36)24-39(53-37)52-21-19-44(18-20-46)55(49,50)32-15-13-31(51-3)14-16-32/h4-17,22-23,25,29,39,46H,18-21,24H2,1-3H3,(H,42,48)/t29-,39+/m0/s1. The van der Waals surface area contributed by atoms with Crippen molar-refractivity contribution < 1.29 is 37.3 Å². The van der Waals surface area contributed by atoms with Crippen LogP contribution < -0.4 is 10.1 Å². The molecule has 3 heterocycles. The lowest BCUT2D eigenvalue weighted by molar-refractivity contribution is -0.143. The second-order valence-corrected chi connectivity index (χ2v) is 16.1. The number of hydrogen-bond acceptors (Lipinski definition) is 10. The number of rotatable bonds is 13. The molecule has 1 aliphatic heterocycles. The molecule has 6 aromatic rings. The van der Waals surface area contributed by atoms with Gasteiger partial charge in [-0.1, -0.05) is 24.3 Å². The summed E-state index contributed by atoms with van der Waals surface area (Å²) >= 11 is 1.60. The maximum atomic E-state index is 13.8. The van der Waals surface area contributed by atoms with Crippen LogP contribution in [-0.4, -0.2) is 78.9 Å². The first-order valence-electron chi connectivity index (χ1n) is 17.7. The number of thiazole rings is 1. The zero-order chi connectivity index (χ0) is 38.7. The van der Waals surface area contributed by atoms with Crippen LogP contribution >= 0.6 is 11.3 Å². The number of fused-ring (bicyclic) bond motifs is 2. The molecule has 0 fully saturated rings. The Morgan fingerprint density at radius 3 is 2.53 bits per heavy atom. The fourth-order valence-corrected chi connectivity index (χ4v) is 9.07. The van der Waals surface area contributed by atoms with Gasteiger partial charge in [-0.25, -0.2) is 13.4 Å². The van der Waals surface area contributed by atoms with Crippen LogP contribution in [0.2, 0.25) is 0 Å². The molecule has 14 heteroatoms. The molecular weight excluding hydrogens is 741 g/mol. The van der Waals surface area contributed by atoms with Crippen LogP contribution in [0.25, 0.3) is 31.7 Å². The molecule has 0 saturated carbocycles. The number of anilines is 1. The molecule has 0 radical (unpaired) electrons. The number of nitrogens with one attached hydrogen (secondary N) is 1. The largest absolute Gasteiger partial charge is 0.497 e. The van der Waals surface area contributed by atoms with Gasteiger partial charge in [-0.15, -0.1) is 11.3 Å². The van der Waals surface area contributed by atoms with Crippen molar-refractivity contribution in [2.24, 2.45) is 0 Å². The topological polar surface area (TPSA) is 149 Å². The number of nitrogens with zero attached hydrogens (tertiary/aromatic N) is 3. The molecule has 0 bridgehead atoms. The molecule has 1 amide bonds. The van der Waals surface area contributed by atoms with Crippen LogP contribution in [0.3, 0.4) is 0 Å². The van der Waals surface area contributed by atoms with Crippen molar-refractivity contribution in [2.75, 3.05) is 38.7 Å². The first kappa shape index (κ1) is 37.9. The van der Waals surface area contributed by atoms with E-state index in [1.54, 1.807) is 52.4 Å². The summed E-state index contributed by atoms with van der Waals surface area (Å²) in [6.07, 6.45) is 2.84. The van der Waals surface area contributed by atoms with E-state index < -0.39 is 34.7 Å². The Morgan fingerprint density at radius 2 is 1.80 bits per heavy atom. The summed E-state index contributed by atoms with van der Waals surface area (Å²) in [5.41, 5.74) is 5.12. The molecule has 0 unspecified atom stereocenters. The molecule has 12 nitrogen and oxygen atoms in total. The van der Waals surface area contributed by atoms with Gasteiger partial charge in [-0.05, 0) is 90.9 Å². The number of ether oxygens (including phenoxy) is 3. The highest BCUT2D eigenvalue weighted by molar-refractivity contribution is 7.89. The molecule has 0 spiro atoms. The summed E-state index contributed by atoms with van der Waals surface area (Å²) in [6.45, 7) is 2.81. The fraction of sp³-hybridized carbons (Fsp3) is 0.244. The van der Waals surface area contributed by atoms with Gasteiger partial charge in [0.15, 0.2) is 5.76 Å². The van der Waals surface area contributed by atoms with E-state index in [-0.39, 0.29) is 42.7 Å². The van der Waals surface area contributed by atoms with Gasteiger partial charge in [0.1, 0.15) is 10.8 Å². The Hall–Kier alpha value is -5.38. The van der Waals surface area contributed by atoms with Gasteiger partial charge in [0, 0.05) is 55.2 Å². The van der Waals surface area contributed by atoms with E-state index in [4.69, 9.17) is 19.2 Å². The van der Waals surface area contributed by atoms with Crippen LogP contribution in [0, 0.1) is 6.92 Å². The third-order valence-electron chi connectivity index (χ3n) is 9.39. The highest BCUT2D eigenvalue weighted by atomic mass is 32.2. The lowest BCUT2D eigenvalue weighted by Gasteiger charge is -2.30. The van der Waals surface area contributed by atoms with Crippen molar-refractivity contribution in [3.63, 3.8) is 0 Å². The number of hydrogen-bond donors (Lipinski definition) is 2. The summed E-state index contributed by atoms with van der Waals surface area (Å²) in [4.78, 5) is 31.2. The fourth-order valence-electron chi connectivity index (χ4n) is 6.59. The number of aryl methyl sites for hydroxylation is 1. The summed E-state index contributed by atoms with van der Waals surface area (Å²) < 4.78 is 48.2. The molecule has 2 atom stereocenters. The molecule has 4 aromatic carbocycles. The van der Waals surface area contributed by atoms with Gasteiger partial charge < -0.3 is 24.6 Å². The van der Waals surface area contributed by atoms with Crippen molar-refractivity contribution in [3.8, 4) is 16.3 Å². The van der Waals surface area contributed by atoms with Gasteiger partial charge in [-0.2, -0.15) is 4.31 Å². The number of aliphatic hydroxyl groups is 1. The molecule has 1 aliphatic rings. The molecular formula is C41H40N4O8S2. The Kier molecular flexibility index (Phi) is 11.1. The van der Waals surface area contributed by atoms with E-state index in [0.29, 0.717) is 11.4 Å². The number of amides is 1. The summed E-state index contributed by atoms with van der Waals surface area (Å²) in [5, 5.41) is 14.4. The first-order valence-corrected chi connectivity index (χ1v) is 19.9. The van der Waals surface area contributed by atoms with Crippen molar-refractivity contribution >= 4 is 60.0 Å². The van der Waals surface area contributed by atoms with E-state index in [1.165, 1.54) is 31.7 Å². The lowest BCUT2D eigenvalue weighted by atomic mass is 9.92.